The van der Waals surface area contributed by atoms with Gasteiger partial charge in [0.1, 0.15) is 11.5 Å². The van der Waals surface area contributed by atoms with Crippen LogP contribution in [0.25, 0.3) is 5.69 Å². The molecule has 0 spiro atoms. The minimum atomic E-state index is -4.94. The Morgan fingerprint density at radius 1 is 1.11 bits per heavy atom. The Morgan fingerprint density at radius 3 is 2.32 bits per heavy atom. The van der Waals surface area contributed by atoms with Crippen LogP contribution in [0, 0.1) is 5.82 Å². The summed E-state index contributed by atoms with van der Waals surface area (Å²) < 4.78 is 53.8. The van der Waals surface area contributed by atoms with Gasteiger partial charge >= 0.3 is 11.9 Å². The first-order chi connectivity index (χ1) is 12.6. The zero-order valence-corrected chi connectivity index (χ0v) is 16.7. The van der Waals surface area contributed by atoms with Crippen LogP contribution in [0.15, 0.2) is 27.8 Å². The molecule has 0 fully saturated rings. The summed E-state index contributed by atoms with van der Waals surface area (Å²) in [6, 6.07) is 2.07. The molecule has 0 saturated carbocycles. The Kier molecular flexibility index (Phi) is 5.83. The number of nitrogens with one attached hydrogen (secondary N) is 1. The average Bonchev–Trinajstić information content (AvgIpc) is 2.58. The molecule has 0 aliphatic carbocycles. The molecule has 0 bridgehead atoms. The van der Waals surface area contributed by atoms with Crippen LogP contribution in [0.1, 0.15) is 5.69 Å². The van der Waals surface area contributed by atoms with E-state index < -0.39 is 40.5 Å². The van der Waals surface area contributed by atoms with E-state index >= 15 is 0 Å². The molecule has 153 valence electrons. The van der Waals surface area contributed by atoms with E-state index in [0.29, 0.717) is 0 Å². The first-order valence-electron chi connectivity index (χ1n) is 7.41. The Morgan fingerprint density at radius 2 is 1.75 bits per heavy atom. The van der Waals surface area contributed by atoms with Crippen LogP contribution in [0.5, 0.6) is 0 Å². The summed E-state index contributed by atoms with van der Waals surface area (Å²) in [7, 11) is 1.99. The molecule has 1 aromatic heterocycles. The molecule has 8 nitrogen and oxygen atoms in total. The maximum Gasteiger partial charge on any atom is 0.431 e. The molecule has 1 radical (unpaired) electrons. The third-order valence-corrected chi connectivity index (χ3v) is 3.97. The molecule has 2 aromatic rings. The second-order valence-corrected chi connectivity index (χ2v) is 5.59. The van der Waals surface area contributed by atoms with Crippen LogP contribution in [-0.4, -0.2) is 28.7 Å². The van der Waals surface area contributed by atoms with Gasteiger partial charge in [0, 0.05) is 39.3 Å². The number of nitrogens with zero attached hydrogens (tertiary/aromatic N) is 3. The van der Waals surface area contributed by atoms with Crippen LogP contribution in [-0.2, 0) is 43.0 Å². The normalized spacial score (nSPS) is 13.6. The zero-order valence-electron chi connectivity index (χ0n) is 14.3. The first-order valence-corrected chi connectivity index (χ1v) is 7.41. The van der Waals surface area contributed by atoms with Gasteiger partial charge in [-0.15, -0.1) is 0 Å². The number of rotatable bonds is 2. The molecule has 0 saturated heterocycles. The number of fused-ring (bicyclic) bond motifs is 1. The summed E-state index contributed by atoms with van der Waals surface area (Å²) in [6.07, 6.45) is -4.94. The van der Waals surface area contributed by atoms with Crippen molar-refractivity contribution in [3.8, 4) is 5.69 Å². The van der Waals surface area contributed by atoms with Crippen molar-refractivity contribution in [2.45, 2.75) is 6.18 Å². The van der Waals surface area contributed by atoms with Gasteiger partial charge in [-0.05, 0) is 6.07 Å². The number of carbonyl (C=O) groups excluding carboxylic acids is 1. The van der Waals surface area contributed by atoms with E-state index in [4.69, 9.17) is 4.84 Å². The van der Waals surface area contributed by atoms with Crippen LogP contribution in [0.4, 0.5) is 28.9 Å². The van der Waals surface area contributed by atoms with E-state index in [9.17, 15) is 31.9 Å². The maximum absolute atomic E-state index is 14.5. The van der Waals surface area contributed by atoms with Crippen LogP contribution < -0.4 is 21.6 Å². The molecule has 1 aromatic carbocycles. The van der Waals surface area contributed by atoms with Crippen LogP contribution >= 0.6 is 0 Å². The number of hydrogen-bond acceptors (Lipinski definition) is 5. The minimum Gasteiger partial charge on any atom is -0.374 e. The third kappa shape index (κ3) is 3.48. The average molecular weight is 580 g/mol. The fourth-order valence-electron chi connectivity index (χ4n) is 2.73. The number of aromatic nitrogens is 2. The maximum atomic E-state index is 14.5. The molecule has 28 heavy (non-hydrogen) atoms. The second-order valence-electron chi connectivity index (χ2n) is 5.59. The van der Waals surface area contributed by atoms with Crippen molar-refractivity contribution in [3.63, 3.8) is 0 Å². The molecular formula is C15H12F4IrN4O4. The number of amides is 1. The fourth-order valence-corrected chi connectivity index (χ4v) is 2.73. The van der Waals surface area contributed by atoms with Crippen LogP contribution in [0.3, 0.4) is 0 Å². The Balaban J connectivity index is 0.00000280. The molecule has 1 N–H and O–H groups in total. The predicted octanol–water partition coefficient (Wildman–Crippen LogP) is 1.01. The number of halogens is 4. The Bertz CT molecular complexity index is 1060. The van der Waals surface area contributed by atoms with E-state index in [0.717, 1.165) is 24.2 Å². The quantitative estimate of drug-likeness (QED) is 0.537. The summed E-state index contributed by atoms with van der Waals surface area (Å²) >= 11 is 0. The van der Waals surface area contributed by atoms with Crippen molar-refractivity contribution >= 4 is 17.3 Å². The minimum absolute atomic E-state index is 0. The van der Waals surface area contributed by atoms with Crippen molar-refractivity contribution in [2.75, 3.05) is 24.0 Å². The number of anilines is 2. The smallest absolute Gasteiger partial charge is 0.374 e. The molecule has 1 aliphatic rings. The monoisotopic (exact) mass is 581 g/mol. The topological polar surface area (TPSA) is 85.6 Å². The SMILES string of the molecule is CON1C(=O)CNc2cc(F)c(-n3c(=O)cc(C(F)(F)F)n(C)c3=O)cc21.[Ir]. The molecule has 1 aliphatic heterocycles. The molecule has 0 unspecified atom stereocenters. The molecule has 0 atom stereocenters. The van der Waals surface area contributed by atoms with E-state index in [1.54, 1.807) is 0 Å². The summed E-state index contributed by atoms with van der Waals surface area (Å²) in [5.74, 6) is -1.58. The van der Waals surface area contributed by atoms with Gasteiger partial charge < -0.3 is 5.32 Å². The van der Waals surface area contributed by atoms with Gasteiger partial charge in [-0.2, -0.15) is 18.2 Å². The molecule has 1 amide bonds. The standard InChI is InChI=1S/C15H12F4N4O4.Ir/c1-21-11(15(17,18)19)5-12(24)22(14(21)26)9-4-10-8(3-7(9)16)20-6-13(25)23(10)27-2;/h3-5,20H,6H2,1-2H3;. The molecule has 13 heteroatoms. The van der Waals surface area contributed by atoms with Gasteiger partial charge in [0.25, 0.3) is 11.5 Å². The van der Waals surface area contributed by atoms with Crippen molar-refractivity contribution in [3.05, 3.63) is 50.5 Å². The number of hydrogen-bond donors (Lipinski definition) is 1. The van der Waals surface area contributed by atoms with Crippen molar-refractivity contribution in [1.29, 1.82) is 0 Å². The molecule has 3 rings (SSSR count). The number of alkyl halides is 3. The van der Waals surface area contributed by atoms with Gasteiger partial charge in [0.05, 0.1) is 30.7 Å². The van der Waals surface area contributed by atoms with Crippen molar-refractivity contribution < 1.29 is 47.3 Å². The van der Waals surface area contributed by atoms with E-state index in [2.05, 4.69) is 5.32 Å². The summed E-state index contributed by atoms with van der Waals surface area (Å²) in [5.41, 5.74) is -4.71. The summed E-state index contributed by atoms with van der Waals surface area (Å²) in [5, 5.41) is 3.45. The number of hydroxylamine groups is 1. The van der Waals surface area contributed by atoms with Gasteiger partial charge in [0.2, 0.25) is 0 Å². The number of benzene rings is 1. The summed E-state index contributed by atoms with van der Waals surface area (Å²) in [6.45, 7) is -0.179. The first kappa shape index (κ1) is 21.8. The van der Waals surface area contributed by atoms with Crippen molar-refractivity contribution in [2.24, 2.45) is 7.05 Å². The van der Waals surface area contributed by atoms with Gasteiger partial charge in [-0.3, -0.25) is 19.0 Å². The van der Waals surface area contributed by atoms with Crippen molar-refractivity contribution in [1.82, 2.24) is 9.13 Å². The Labute approximate surface area is 167 Å². The molecular weight excluding hydrogens is 568 g/mol. The molecule has 2 heterocycles. The van der Waals surface area contributed by atoms with E-state index in [-0.39, 0.29) is 53.2 Å². The van der Waals surface area contributed by atoms with E-state index in [1.807, 2.05) is 0 Å². The van der Waals surface area contributed by atoms with E-state index in [1.165, 1.54) is 7.11 Å². The second kappa shape index (κ2) is 7.49. The van der Waals surface area contributed by atoms with Gasteiger partial charge in [0.15, 0.2) is 0 Å². The summed E-state index contributed by atoms with van der Waals surface area (Å²) in [4.78, 5) is 41.2. The van der Waals surface area contributed by atoms with Gasteiger partial charge in [-0.1, -0.05) is 0 Å². The third-order valence-electron chi connectivity index (χ3n) is 3.97. The predicted molar refractivity (Wildman–Crippen MR) is 85.2 cm³/mol. The van der Waals surface area contributed by atoms with Gasteiger partial charge in [-0.25, -0.2) is 13.8 Å². The number of carbonyl (C=O) groups is 1. The largest absolute Gasteiger partial charge is 0.431 e. The fraction of sp³-hybridized carbons (Fsp3) is 0.267. The Hall–Kier alpha value is -2.50. The van der Waals surface area contributed by atoms with Crippen LogP contribution in [0.2, 0.25) is 0 Å². The zero-order chi connectivity index (χ0) is 20.1.